The van der Waals surface area contributed by atoms with Gasteiger partial charge in [0.15, 0.2) is 0 Å². The minimum Gasteiger partial charge on any atom is -0.256 e. The van der Waals surface area contributed by atoms with E-state index in [1.807, 2.05) is 37.4 Å². The SMILES string of the molecule is C/C=C/CCc1ccc(-c2ccc(N=C=S)cc2)nc1. The Bertz CT molecular complexity index is 621. The summed E-state index contributed by atoms with van der Waals surface area (Å²) in [5.41, 5.74) is 4.12. The molecule has 100 valence electrons. The van der Waals surface area contributed by atoms with Crippen molar-refractivity contribution in [2.75, 3.05) is 0 Å². The van der Waals surface area contributed by atoms with Crippen LogP contribution in [-0.2, 0) is 6.42 Å². The smallest absolute Gasteiger partial charge is 0.0740 e. The maximum atomic E-state index is 4.58. The summed E-state index contributed by atoms with van der Waals surface area (Å²) in [6.45, 7) is 2.04. The van der Waals surface area contributed by atoms with Crippen molar-refractivity contribution in [3.05, 3.63) is 60.3 Å². The molecule has 2 nitrogen and oxygen atoms in total. The maximum Gasteiger partial charge on any atom is 0.0740 e. The van der Waals surface area contributed by atoms with Crippen molar-refractivity contribution in [3.63, 3.8) is 0 Å². The maximum absolute atomic E-state index is 4.58. The van der Waals surface area contributed by atoms with E-state index in [0.29, 0.717) is 0 Å². The summed E-state index contributed by atoms with van der Waals surface area (Å²) in [6, 6.07) is 12.0. The molecule has 2 aromatic rings. The minimum atomic E-state index is 0.812. The Labute approximate surface area is 124 Å². The van der Waals surface area contributed by atoms with Gasteiger partial charge in [0.2, 0.25) is 0 Å². The second kappa shape index (κ2) is 7.49. The van der Waals surface area contributed by atoms with Crippen LogP contribution >= 0.6 is 12.2 Å². The number of hydrogen-bond donors (Lipinski definition) is 0. The molecule has 1 aromatic carbocycles. The van der Waals surface area contributed by atoms with Crippen LogP contribution in [0.2, 0.25) is 0 Å². The molecule has 0 fully saturated rings. The molecule has 0 amide bonds. The molecule has 0 N–H and O–H groups in total. The molecule has 0 bridgehead atoms. The van der Waals surface area contributed by atoms with Gasteiger partial charge in [-0.3, -0.25) is 4.98 Å². The highest BCUT2D eigenvalue weighted by Gasteiger charge is 2.00. The van der Waals surface area contributed by atoms with Crippen molar-refractivity contribution < 1.29 is 0 Å². The fourth-order valence-electron chi connectivity index (χ4n) is 1.92. The Kier molecular flexibility index (Phi) is 5.36. The number of benzene rings is 1. The van der Waals surface area contributed by atoms with Crippen molar-refractivity contribution in [2.24, 2.45) is 4.99 Å². The summed E-state index contributed by atoms with van der Waals surface area (Å²) in [4.78, 5) is 8.45. The molecule has 0 saturated heterocycles. The van der Waals surface area contributed by atoms with Crippen LogP contribution in [0.4, 0.5) is 5.69 Å². The molecule has 0 spiro atoms. The first-order chi connectivity index (χ1) is 9.83. The normalized spacial score (nSPS) is 10.4. The largest absolute Gasteiger partial charge is 0.256 e. The van der Waals surface area contributed by atoms with Crippen LogP contribution in [0.5, 0.6) is 0 Å². The van der Waals surface area contributed by atoms with Crippen LogP contribution in [0, 0.1) is 0 Å². The van der Waals surface area contributed by atoms with Crippen molar-refractivity contribution >= 4 is 23.1 Å². The average molecular weight is 280 g/mol. The Morgan fingerprint density at radius 3 is 2.60 bits per heavy atom. The van der Waals surface area contributed by atoms with Crippen LogP contribution < -0.4 is 0 Å². The van der Waals surface area contributed by atoms with Crippen molar-refractivity contribution in [1.82, 2.24) is 4.98 Å². The molecule has 0 aliphatic carbocycles. The van der Waals surface area contributed by atoms with E-state index in [1.54, 1.807) is 0 Å². The molecular weight excluding hydrogens is 264 g/mol. The van der Waals surface area contributed by atoms with Gasteiger partial charge in [-0.05, 0) is 55.7 Å². The van der Waals surface area contributed by atoms with E-state index in [9.17, 15) is 0 Å². The van der Waals surface area contributed by atoms with Crippen LogP contribution in [0.1, 0.15) is 18.9 Å². The highest BCUT2D eigenvalue weighted by molar-refractivity contribution is 7.78. The topological polar surface area (TPSA) is 25.2 Å². The molecule has 0 aliphatic heterocycles. The van der Waals surface area contributed by atoms with Gasteiger partial charge in [-0.2, -0.15) is 4.99 Å². The van der Waals surface area contributed by atoms with E-state index in [1.165, 1.54) is 5.56 Å². The number of isothiocyanates is 1. The molecule has 0 aliphatic rings. The highest BCUT2D eigenvalue weighted by atomic mass is 32.1. The summed E-state index contributed by atoms with van der Waals surface area (Å²) in [6.07, 6.45) is 8.28. The first-order valence-corrected chi connectivity index (χ1v) is 6.98. The average Bonchev–Trinajstić information content (AvgIpc) is 2.49. The minimum absolute atomic E-state index is 0.812. The van der Waals surface area contributed by atoms with E-state index in [-0.39, 0.29) is 0 Å². The number of allylic oxidation sites excluding steroid dienone is 2. The van der Waals surface area contributed by atoms with E-state index in [0.717, 1.165) is 29.8 Å². The number of aromatic nitrogens is 1. The van der Waals surface area contributed by atoms with E-state index in [2.05, 4.69) is 51.6 Å². The Hall–Kier alpha value is -2.09. The van der Waals surface area contributed by atoms with Gasteiger partial charge in [0.25, 0.3) is 0 Å². The molecule has 0 saturated carbocycles. The van der Waals surface area contributed by atoms with E-state index < -0.39 is 0 Å². The monoisotopic (exact) mass is 280 g/mol. The third-order valence-corrected chi connectivity index (χ3v) is 3.09. The summed E-state index contributed by atoms with van der Waals surface area (Å²) >= 11 is 4.58. The van der Waals surface area contributed by atoms with Gasteiger partial charge in [0, 0.05) is 11.8 Å². The lowest BCUT2D eigenvalue weighted by Gasteiger charge is -2.03. The molecule has 3 heteroatoms. The molecule has 1 aromatic heterocycles. The highest BCUT2D eigenvalue weighted by Crippen LogP contribution is 2.21. The number of hydrogen-bond acceptors (Lipinski definition) is 3. The van der Waals surface area contributed by atoms with Crippen molar-refractivity contribution in [1.29, 1.82) is 0 Å². The van der Waals surface area contributed by atoms with Crippen LogP contribution in [0.25, 0.3) is 11.3 Å². The van der Waals surface area contributed by atoms with Crippen LogP contribution in [0.3, 0.4) is 0 Å². The van der Waals surface area contributed by atoms with Crippen LogP contribution in [-0.4, -0.2) is 10.1 Å². The van der Waals surface area contributed by atoms with Gasteiger partial charge in [-0.15, -0.1) is 0 Å². The first-order valence-electron chi connectivity index (χ1n) is 6.58. The predicted molar refractivity (Wildman–Crippen MR) is 87.5 cm³/mol. The number of pyridine rings is 1. The molecule has 0 unspecified atom stereocenters. The number of aliphatic imine (C=N–C) groups is 1. The lowest BCUT2D eigenvalue weighted by molar-refractivity contribution is 0.986. The standard InChI is InChI=1S/C17H16N2S/c1-2-3-4-5-14-6-11-17(18-12-14)15-7-9-16(10-8-15)19-13-20/h2-3,6-12H,4-5H2,1H3/b3-2+. The second-order valence-corrected chi connectivity index (χ2v) is 4.59. The Morgan fingerprint density at radius 1 is 1.20 bits per heavy atom. The fourth-order valence-corrected chi connectivity index (χ4v) is 2.02. The molecule has 1 heterocycles. The van der Waals surface area contributed by atoms with Gasteiger partial charge in [-0.1, -0.05) is 30.4 Å². The third kappa shape index (κ3) is 3.95. The van der Waals surface area contributed by atoms with Gasteiger partial charge >= 0.3 is 0 Å². The number of aryl methyl sites for hydroxylation is 1. The van der Waals surface area contributed by atoms with Crippen molar-refractivity contribution in [3.8, 4) is 11.3 Å². The van der Waals surface area contributed by atoms with Gasteiger partial charge in [0.1, 0.15) is 0 Å². The lowest BCUT2D eigenvalue weighted by Crippen LogP contribution is -1.88. The van der Waals surface area contributed by atoms with Gasteiger partial charge in [-0.25, -0.2) is 0 Å². The fraction of sp³-hybridized carbons (Fsp3) is 0.176. The first kappa shape index (κ1) is 14.3. The number of thiocarbonyl (C=S) groups is 1. The van der Waals surface area contributed by atoms with E-state index >= 15 is 0 Å². The quantitative estimate of drug-likeness (QED) is 0.438. The molecule has 20 heavy (non-hydrogen) atoms. The molecule has 0 radical (unpaired) electrons. The molecule has 0 atom stereocenters. The zero-order chi connectivity index (χ0) is 14.2. The Balaban J connectivity index is 2.10. The number of nitrogens with zero attached hydrogens (tertiary/aromatic N) is 2. The summed E-state index contributed by atoms with van der Waals surface area (Å²) in [5.74, 6) is 0. The van der Waals surface area contributed by atoms with E-state index in [4.69, 9.17) is 0 Å². The summed E-state index contributed by atoms with van der Waals surface area (Å²) in [7, 11) is 0. The second-order valence-electron chi connectivity index (χ2n) is 4.41. The third-order valence-electron chi connectivity index (χ3n) is 3.00. The van der Waals surface area contributed by atoms with Gasteiger partial charge < -0.3 is 0 Å². The lowest BCUT2D eigenvalue weighted by atomic mass is 10.1. The van der Waals surface area contributed by atoms with Gasteiger partial charge in [0.05, 0.1) is 16.5 Å². The Morgan fingerprint density at radius 2 is 2.00 bits per heavy atom. The summed E-state index contributed by atoms with van der Waals surface area (Å²) in [5, 5.41) is 2.36. The zero-order valence-corrected chi connectivity index (χ0v) is 12.2. The predicted octanol–water partition coefficient (Wildman–Crippen LogP) is 4.99. The molecule has 2 rings (SSSR count). The zero-order valence-electron chi connectivity index (χ0n) is 11.4. The van der Waals surface area contributed by atoms with Crippen molar-refractivity contribution in [2.45, 2.75) is 19.8 Å². The number of rotatable bonds is 5. The summed E-state index contributed by atoms with van der Waals surface area (Å²) < 4.78 is 0. The molecular formula is C17H16N2S. The van der Waals surface area contributed by atoms with Crippen LogP contribution in [0.15, 0.2) is 59.7 Å².